The average molecular weight is 507 g/mol. The van der Waals surface area contributed by atoms with Crippen molar-refractivity contribution in [3.63, 3.8) is 0 Å². The summed E-state index contributed by atoms with van der Waals surface area (Å²) in [6.45, 7) is 0.960. The van der Waals surface area contributed by atoms with Crippen LogP contribution in [0.15, 0.2) is 67.0 Å². The summed E-state index contributed by atoms with van der Waals surface area (Å²) < 4.78 is 33.0. The van der Waals surface area contributed by atoms with Crippen LogP contribution in [0, 0.1) is 0 Å². The summed E-state index contributed by atoms with van der Waals surface area (Å²) >= 11 is 0. The maximum atomic E-state index is 12.1. The maximum Gasteiger partial charge on any atom is 0.246 e. The first-order valence-electron chi connectivity index (χ1n) is 11.4. The summed E-state index contributed by atoms with van der Waals surface area (Å²) in [4.78, 5) is 20.4. The van der Waals surface area contributed by atoms with E-state index in [9.17, 15) is 13.2 Å². The molecule has 11 heteroatoms. The molecule has 1 saturated heterocycles. The first kappa shape index (κ1) is 23.8. The van der Waals surface area contributed by atoms with E-state index in [4.69, 9.17) is 9.72 Å². The summed E-state index contributed by atoms with van der Waals surface area (Å²) in [7, 11) is -1.84. The molecule has 0 radical (unpaired) electrons. The van der Waals surface area contributed by atoms with Crippen LogP contribution in [0.3, 0.4) is 0 Å². The van der Waals surface area contributed by atoms with Crippen LogP contribution in [0.2, 0.25) is 0 Å². The van der Waals surface area contributed by atoms with Gasteiger partial charge >= 0.3 is 0 Å². The summed E-state index contributed by atoms with van der Waals surface area (Å²) in [5, 5.41) is 6.91. The number of amides is 1. The largest absolute Gasteiger partial charge is 0.362 e. The third kappa shape index (κ3) is 5.02. The quantitative estimate of drug-likeness (QED) is 0.396. The van der Waals surface area contributed by atoms with Gasteiger partial charge in [0.05, 0.1) is 18.5 Å². The first-order valence-corrected chi connectivity index (χ1v) is 13.2. The lowest BCUT2D eigenvalue weighted by Gasteiger charge is -2.23. The van der Waals surface area contributed by atoms with Gasteiger partial charge in [-0.25, -0.2) is 13.4 Å². The summed E-state index contributed by atoms with van der Waals surface area (Å²) in [5.41, 5.74) is 4.00. The van der Waals surface area contributed by atoms with Crippen LogP contribution in [0.1, 0.15) is 17.2 Å². The molecule has 2 aromatic carbocycles. The van der Waals surface area contributed by atoms with Crippen LogP contribution >= 0.6 is 0 Å². The van der Waals surface area contributed by atoms with Crippen molar-refractivity contribution in [3.05, 3.63) is 78.1 Å². The Balaban J connectivity index is 1.36. The number of aromatic nitrogens is 3. The molecule has 3 heterocycles. The Bertz CT molecular complexity index is 1510. The van der Waals surface area contributed by atoms with Crippen molar-refractivity contribution >= 4 is 44.3 Å². The molecule has 0 bridgehead atoms. The van der Waals surface area contributed by atoms with Crippen molar-refractivity contribution in [2.75, 3.05) is 36.1 Å². The summed E-state index contributed by atoms with van der Waals surface area (Å²) in [6.07, 6.45) is 4.69. The topological polar surface area (TPSA) is 118 Å². The van der Waals surface area contributed by atoms with E-state index in [2.05, 4.69) is 15.6 Å². The molecule has 2 N–H and O–H groups in total. The van der Waals surface area contributed by atoms with Crippen LogP contribution in [0.5, 0.6) is 0 Å². The molecular weight excluding hydrogens is 480 g/mol. The SMILES string of the molecule is CN(c1ccccc1Cn1ccc2cnc(Nc3ccc(C4CNC(=O)CO4)cc3)nc21)S(C)(=O)=O. The van der Waals surface area contributed by atoms with Gasteiger partial charge in [0.25, 0.3) is 0 Å². The van der Waals surface area contributed by atoms with Gasteiger partial charge in [-0.3, -0.25) is 9.10 Å². The van der Waals surface area contributed by atoms with Crippen molar-refractivity contribution in [1.82, 2.24) is 19.9 Å². The third-order valence-electron chi connectivity index (χ3n) is 6.11. The highest BCUT2D eigenvalue weighted by Crippen LogP contribution is 2.26. The van der Waals surface area contributed by atoms with Gasteiger partial charge in [-0.05, 0) is 35.4 Å². The number of morpholine rings is 1. The van der Waals surface area contributed by atoms with Gasteiger partial charge in [-0.15, -0.1) is 0 Å². The molecule has 1 fully saturated rings. The lowest BCUT2D eigenvalue weighted by molar-refractivity contribution is -0.133. The second kappa shape index (κ2) is 9.59. The van der Waals surface area contributed by atoms with Crippen LogP contribution in [0.4, 0.5) is 17.3 Å². The number of benzene rings is 2. The number of carbonyl (C=O) groups excluding carboxylic acids is 1. The minimum absolute atomic E-state index is 0.0627. The number of hydrogen-bond donors (Lipinski definition) is 2. The smallest absolute Gasteiger partial charge is 0.246 e. The second-order valence-electron chi connectivity index (χ2n) is 8.63. The first-order chi connectivity index (χ1) is 17.3. The highest BCUT2D eigenvalue weighted by molar-refractivity contribution is 7.92. The third-order valence-corrected chi connectivity index (χ3v) is 7.30. The fourth-order valence-electron chi connectivity index (χ4n) is 4.09. The Morgan fingerprint density at radius 1 is 1.17 bits per heavy atom. The minimum atomic E-state index is -3.39. The van der Waals surface area contributed by atoms with E-state index in [-0.39, 0.29) is 18.6 Å². The number of carbonyl (C=O) groups is 1. The molecule has 4 aromatic rings. The van der Waals surface area contributed by atoms with Crippen molar-refractivity contribution in [2.45, 2.75) is 12.6 Å². The predicted octanol–water partition coefficient (Wildman–Crippen LogP) is 2.81. The second-order valence-corrected chi connectivity index (χ2v) is 10.6. The van der Waals surface area contributed by atoms with E-state index in [1.807, 2.05) is 59.3 Å². The molecule has 0 spiro atoms. The van der Waals surface area contributed by atoms with Gasteiger partial charge < -0.3 is 19.9 Å². The number of rotatable bonds is 7. The molecule has 0 aliphatic carbocycles. The molecular formula is C25H26N6O4S. The monoisotopic (exact) mass is 506 g/mol. The van der Waals surface area contributed by atoms with E-state index in [0.29, 0.717) is 24.7 Å². The van der Waals surface area contributed by atoms with E-state index >= 15 is 0 Å². The van der Waals surface area contributed by atoms with E-state index in [0.717, 1.165) is 27.8 Å². The van der Waals surface area contributed by atoms with Crippen LogP contribution in [-0.4, -0.2) is 55.3 Å². The van der Waals surface area contributed by atoms with Gasteiger partial charge in [-0.2, -0.15) is 4.98 Å². The maximum absolute atomic E-state index is 12.1. The summed E-state index contributed by atoms with van der Waals surface area (Å²) in [6, 6.07) is 17.1. The molecule has 1 unspecified atom stereocenters. The van der Waals surface area contributed by atoms with Crippen molar-refractivity contribution in [1.29, 1.82) is 0 Å². The number of ether oxygens (including phenoxy) is 1. The Kier molecular flexibility index (Phi) is 6.33. The average Bonchev–Trinajstić information content (AvgIpc) is 3.26. The predicted molar refractivity (Wildman–Crippen MR) is 138 cm³/mol. The van der Waals surface area contributed by atoms with Crippen molar-refractivity contribution < 1.29 is 17.9 Å². The molecule has 0 saturated carbocycles. The number of para-hydroxylation sites is 1. The molecule has 186 valence electrons. The Labute approximate surface area is 209 Å². The molecule has 2 aromatic heterocycles. The molecule has 1 aliphatic heterocycles. The van der Waals surface area contributed by atoms with Gasteiger partial charge in [0.15, 0.2) is 0 Å². The van der Waals surface area contributed by atoms with Crippen LogP contribution in [-0.2, 0) is 26.1 Å². The Morgan fingerprint density at radius 2 is 1.94 bits per heavy atom. The van der Waals surface area contributed by atoms with Crippen molar-refractivity contribution in [3.8, 4) is 0 Å². The van der Waals surface area contributed by atoms with E-state index in [1.54, 1.807) is 19.3 Å². The fraction of sp³-hybridized carbons (Fsp3) is 0.240. The van der Waals surface area contributed by atoms with E-state index in [1.165, 1.54) is 10.6 Å². The number of hydrogen-bond acceptors (Lipinski definition) is 7. The summed E-state index contributed by atoms with van der Waals surface area (Å²) in [5.74, 6) is 0.339. The van der Waals surface area contributed by atoms with Crippen LogP contribution < -0.4 is 14.9 Å². The normalized spacial score (nSPS) is 16.1. The zero-order valence-electron chi connectivity index (χ0n) is 19.9. The lowest BCUT2D eigenvalue weighted by atomic mass is 10.1. The molecule has 36 heavy (non-hydrogen) atoms. The minimum Gasteiger partial charge on any atom is -0.362 e. The molecule has 5 rings (SSSR count). The lowest BCUT2D eigenvalue weighted by Crippen LogP contribution is -2.38. The van der Waals surface area contributed by atoms with Gasteiger partial charge in [0, 0.05) is 37.1 Å². The van der Waals surface area contributed by atoms with Gasteiger partial charge in [0.1, 0.15) is 18.4 Å². The molecule has 1 atom stereocenters. The highest BCUT2D eigenvalue weighted by Gasteiger charge is 2.20. The van der Waals surface area contributed by atoms with Gasteiger partial charge in [0.2, 0.25) is 21.9 Å². The Morgan fingerprint density at radius 3 is 2.67 bits per heavy atom. The van der Waals surface area contributed by atoms with Crippen LogP contribution in [0.25, 0.3) is 11.0 Å². The highest BCUT2D eigenvalue weighted by atomic mass is 32.2. The number of fused-ring (bicyclic) bond motifs is 1. The zero-order chi connectivity index (χ0) is 25.3. The zero-order valence-corrected chi connectivity index (χ0v) is 20.7. The van der Waals surface area contributed by atoms with Gasteiger partial charge in [-0.1, -0.05) is 30.3 Å². The number of sulfonamides is 1. The number of anilines is 3. The molecule has 10 nitrogen and oxygen atoms in total. The van der Waals surface area contributed by atoms with E-state index < -0.39 is 10.0 Å². The fourth-order valence-corrected chi connectivity index (χ4v) is 4.62. The standard InChI is InChI=1S/C25H26N6O4S/c1-30(36(2,33)34)21-6-4-3-5-19(21)15-31-12-11-18-13-27-25(29-24(18)31)28-20-9-7-17(8-10-20)22-14-26-23(32)16-35-22/h3-13,22H,14-16H2,1-2H3,(H,26,32)(H,27,28,29). The Hall–Kier alpha value is -3.96. The number of nitrogens with one attached hydrogen (secondary N) is 2. The van der Waals surface area contributed by atoms with Crippen molar-refractivity contribution in [2.24, 2.45) is 0 Å². The molecule has 1 amide bonds. The number of nitrogens with zero attached hydrogens (tertiary/aromatic N) is 4. The molecule has 1 aliphatic rings.